The summed E-state index contributed by atoms with van der Waals surface area (Å²) in [6.07, 6.45) is -3.03. The highest BCUT2D eigenvalue weighted by molar-refractivity contribution is 5.70. The van der Waals surface area contributed by atoms with Crippen LogP contribution in [-0.2, 0) is 16.0 Å². The van der Waals surface area contributed by atoms with E-state index in [4.69, 9.17) is 4.74 Å². The van der Waals surface area contributed by atoms with Crippen molar-refractivity contribution in [3.8, 4) is 0 Å². The molecule has 0 saturated heterocycles. The first-order valence-electron chi connectivity index (χ1n) is 7.03. The number of amides is 1. The summed E-state index contributed by atoms with van der Waals surface area (Å²) in [6, 6.07) is -1.52. The second-order valence-electron chi connectivity index (χ2n) is 6.17. The van der Waals surface area contributed by atoms with Crippen molar-refractivity contribution in [1.82, 2.24) is 5.32 Å². The van der Waals surface area contributed by atoms with E-state index in [1.165, 1.54) is 20.8 Å². The van der Waals surface area contributed by atoms with Crippen molar-refractivity contribution in [1.29, 1.82) is 0 Å². The van der Waals surface area contributed by atoms with Crippen molar-refractivity contribution in [2.75, 3.05) is 0 Å². The molecule has 0 heterocycles. The molecule has 0 radical (unpaired) electrons. The highest BCUT2D eigenvalue weighted by Gasteiger charge is 2.28. The minimum absolute atomic E-state index is 0.932. The molecule has 0 aliphatic heterocycles. The Labute approximate surface area is 139 Å². The fraction of sp³-hybridized carbons (Fsp3) is 0.467. The molecule has 0 spiro atoms. The van der Waals surface area contributed by atoms with Crippen molar-refractivity contribution < 1.29 is 41.4 Å². The van der Waals surface area contributed by atoms with Crippen LogP contribution >= 0.6 is 0 Å². The van der Waals surface area contributed by atoms with Gasteiger partial charge in [0.25, 0.3) is 0 Å². The van der Waals surface area contributed by atoms with Gasteiger partial charge in [0.1, 0.15) is 5.60 Å². The molecule has 0 aromatic heterocycles. The molecule has 0 unspecified atom stereocenters. The second kappa shape index (κ2) is 7.66. The van der Waals surface area contributed by atoms with Crippen LogP contribution in [0.2, 0.25) is 0 Å². The van der Waals surface area contributed by atoms with Gasteiger partial charge in [-0.2, -0.15) is 0 Å². The monoisotopic (exact) mass is 368 g/mol. The summed E-state index contributed by atoms with van der Waals surface area (Å²) in [6.45, 7) is 4.51. The molecule has 140 valence electrons. The number of aliphatic carboxylic acids is 1. The van der Waals surface area contributed by atoms with Gasteiger partial charge in [0.05, 0.1) is 0 Å². The maximum absolute atomic E-state index is 13.7. The lowest BCUT2D eigenvalue weighted by Crippen LogP contribution is -2.43. The SMILES string of the molecule is CC(C)(C)OC(=O)N[C@@H](CC(=O)[O-])Cc1c(F)c(F)c(F)c(F)c1F. The zero-order chi connectivity index (χ0) is 19.5. The van der Waals surface area contributed by atoms with Crippen molar-refractivity contribution in [3.63, 3.8) is 0 Å². The molecule has 0 saturated carbocycles. The highest BCUT2D eigenvalue weighted by atomic mass is 19.2. The summed E-state index contributed by atoms with van der Waals surface area (Å²) in [5.41, 5.74) is -2.21. The smallest absolute Gasteiger partial charge is 0.407 e. The summed E-state index contributed by atoms with van der Waals surface area (Å²) < 4.78 is 71.6. The zero-order valence-corrected chi connectivity index (χ0v) is 13.5. The normalized spacial score (nSPS) is 12.6. The third kappa shape index (κ3) is 5.57. The van der Waals surface area contributed by atoms with Crippen LogP contribution in [-0.4, -0.2) is 23.7 Å². The molecule has 0 aliphatic rings. The lowest BCUT2D eigenvalue weighted by atomic mass is 10.0. The Balaban J connectivity index is 3.12. The number of carbonyl (C=O) groups is 2. The average Bonchev–Trinajstić information content (AvgIpc) is 2.44. The Morgan fingerprint density at radius 2 is 1.44 bits per heavy atom. The predicted molar refractivity (Wildman–Crippen MR) is 72.7 cm³/mol. The maximum Gasteiger partial charge on any atom is 0.407 e. The van der Waals surface area contributed by atoms with E-state index in [0.717, 1.165) is 0 Å². The summed E-state index contributed by atoms with van der Waals surface area (Å²) in [7, 11) is 0. The molecule has 0 bridgehead atoms. The minimum Gasteiger partial charge on any atom is -0.550 e. The largest absolute Gasteiger partial charge is 0.550 e. The van der Waals surface area contributed by atoms with Crippen LogP contribution in [0.1, 0.15) is 32.8 Å². The number of carboxylic acid groups (broad SMARTS) is 1. The molecule has 10 heteroatoms. The van der Waals surface area contributed by atoms with Gasteiger partial charge in [-0.1, -0.05) is 0 Å². The van der Waals surface area contributed by atoms with Crippen molar-refractivity contribution in [2.45, 2.75) is 45.3 Å². The molecule has 1 atom stereocenters. The zero-order valence-electron chi connectivity index (χ0n) is 13.5. The van der Waals surface area contributed by atoms with E-state index in [1.807, 2.05) is 5.32 Å². The highest BCUT2D eigenvalue weighted by Crippen LogP contribution is 2.24. The van der Waals surface area contributed by atoms with E-state index in [0.29, 0.717) is 0 Å². The van der Waals surface area contributed by atoms with Gasteiger partial charge in [-0.25, -0.2) is 26.7 Å². The summed E-state index contributed by atoms with van der Waals surface area (Å²) in [4.78, 5) is 22.4. The van der Waals surface area contributed by atoms with E-state index in [2.05, 4.69) is 0 Å². The number of benzene rings is 1. The molecule has 1 rings (SSSR count). The molecule has 5 nitrogen and oxygen atoms in total. The second-order valence-corrected chi connectivity index (χ2v) is 6.17. The number of halogens is 5. The first kappa shape index (κ1) is 20.7. The van der Waals surface area contributed by atoms with Gasteiger partial charge in [0, 0.05) is 24.0 Å². The molecule has 1 N–H and O–H groups in total. The summed E-state index contributed by atoms with van der Waals surface area (Å²) in [5.74, 6) is -12.6. The van der Waals surface area contributed by atoms with Crippen LogP contribution in [0.5, 0.6) is 0 Å². The number of hydrogen-bond donors (Lipinski definition) is 1. The van der Waals surface area contributed by atoms with Gasteiger partial charge in [-0.15, -0.1) is 0 Å². The van der Waals surface area contributed by atoms with Crippen LogP contribution in [0.25, 0.3) is 0 Å². The quantitative estimate of drug-likeness (QED) is 0.490. The number of hydrogen-bond acceptors (Lipinski definition) is 4. The van der Waals surface area contributed by atoms with Gasteiger partial charge in [-0.3, -0.25) is 0 Å². The number of carbonyl (C=O) groups excluding carboxylic acids is 2. The van der Waals surface area contributed by atoms with E-state index in [-0.39, 0.29) is 0 Å². The Morgan fingerprint density at radius 1 is 1.00 bits per heavy atom. The average molecular weight is 368 g/mol. The minimum atomic E-state index is -2.34. The number of carboxylic acids is 1. The molecule has 0 fully saturated rings. The number of rotatable bonds is 5. The van der Waals surface area contributed by atoms with E-state index < -0.39 is 71.2 Å². The van der Waals surface area contributed by atoms with E-state index in [9.17, 15) is 36.6 Å². The maximum atomic E-state index is 13.7. The molecule has 1 amide bonds. The number of alkyl carbamates (subject to hydrolysis) is 1. The fourth-order valence-corrected chi connectivity index (χ4v) is 1.93. The number of ether oxygens (including phenoxy) is 1. The van der Waals surface area contributed by atoms with Crippen LogP contribution in [0, 0.1) is 29.1 Å². The molecule has 0 aliphatic carbocycles. The van der Waals surface area contributed by atoms with Crippen molar-refractivity contribution in [3.05, 3.63) is 34.6 Å². The first-order valence-corrected chi connectivity index (χ1v) is 7.03. The Morgan fingerprint density at radius 3 is 1.84 bits per heavy atom. The van der Waals surface area contributed by atoms with Crippen molar-refractivity contribution >= 4 is 12.1 Å². The van der Waals surface area contributed by atoms with Crippen LogP contribution in [0.3, 0.4) is 0 Å². The van der Waals surface area contributed by atoms with Gasteiger partial charge in [0.15, 0.2) is 23.3 Å². The lowest BCUT2D eigenvalue weighted by Gasteiger charge is -2.24. The Kier molecular flexibility index (Phi) is 6.33. The number of nitrogens with one attached hydrogen (secondary N) is 1. The van der Waals surface area contributed by atoms with Gasteiger partial charge < -0.3 is 20.0 Å². The van der Waals surface area contributed by atoms with Gasteiger partial charge in [-0.05, 0) is 27.2 Å². The van der Waals surface area contributed by atoms with Crippen LogP contribution in [0.15, 0.2) is 0 Å². The molecule has 1 aromatic carbocycles. The Hall–Kier alpha value is -2.39. The first-order chi connectivity index (χ1) is 11.3. The van der Waals surface area contributed by atoms with E-state index >= 15 is 0 Å². The van der Waals surface area contributed by atoms with Crippen LogP contribution in [0.4, 0.5) is 26.7 Å². The fourth-order valence-electron chi connectivity index (χ4n) is 1.93. The lowest BCUT2D eigenvalue weighted by molar-refractivity contribution is -0.306. The summed E-state index contributed by atoms with van der Waals surface area (Å²) in [5, 5.41) is 12.7. The molecular formula is C15H15F5NO4-. The third-order valence-corrected chi connectivity index (χ3v) is 2.89. The van der Waals surface area contributed by atoms with Gasteiger partial charge in [0.2, 0.25) is 5.82 Å². The Bertz CT molecular complexity index is 658. The molecule has 25 heavy (non-hydrogen) atoms. The molecular weight excluding hydrogens is 353 g/mol. The standard InChI is InChI=1S/C15H16F5NO4/c1-15(2,3)25-14(24)21-6(5-8(22)23)4-7-9(16)11(18)13(20)12(19)10(7)17/h6H,4-5H2,1-3H3,(H,21,24)(H,22,23)/p-1/t6-/m1/s1. The summed E-state index contributed by atoms with van der Waals surface area (Å²) >= 11 is 0. The third-order valence-electron chi connectivity index (χ3n) is 2.89. The van der Waals surface area contributed by atoms with Crippen molar-refractivity contribution in [2.24, 2.45) is 0 Å². The predicted octanol–water partition coefficient (Wildman–Crippen LogP) is 1.96. The topological polar surface area (TPSA) is 78.5 Å². The van der Waals surface area contributed by atoms with E-state index in [1.54, 1.807) is 0 Å². The van der Waals surface area contributed by atoms with Gasteiger partial charge >= 0.3 is 6.09 Å². The van der Waals surface area contributed by atoms with Crippen LogP contribution < -0.4 is 10.4 Å². The molecule has 1 aromatic rings.